The van der Waals surface area contributed by atoms with E-state index in [1.165, 1.54) is 38.6 Å². The van der Waals surface area contributed by atoms with Crippen molar-refractivity contribution in [1.82, 2.24) is 5.32 Å². The number of nitrogens with one attached hydrogen (secondary N) is 1. The van der Waals surface area contributed by atoms with Gasteiger partial charge in [0.2, 0.25) is 0 Å². The molecule has 0 aromatic rings. The zero-order valence-electron chi connectivity index (χ0n) is 8.60. The molecule has 0 aromatic carbocycles. The van der Waals surface area contributed by atoms with E-state index < -0.39 is 0 Å². The Morgan fingerprint density at radius 1 is 1.25 bits per heavy atom. The van der Waals surface area contributed by atoms with E-state index in [1.54, 1.807) is 0 Å². The zero-order chi connectivity index (χ0) is 8.81. The number of hydrogen-bond acceptors (Lipinski definition) is 1. The monoisotopic (exact) mass is 169 g/mol. The predicted molar refractivity (Wildman–Crippen MR) is 54.3 cm³/mol. The van der Waals surface area contributed by atoms with Gasteiger partial charge in [0.1, 0.15) is 0 Å². The van der Waals surface area contributed by atoms with Crippen LogP contribution in [-0.2, 0) is 0 Å². The van der Waals surface area contributed by atoms with Gasteiger partial charge in [0.05, 0.1) is 0 Å². The molecule has 1 aliphatic rings. The molecule has 1 rings (SSSR count). The van der Waals surface area contributed by atoms with Gasteiger partial charge in [-0.25, -0.2) is 0 Å². The van der Waals surface area contributed by atoms with Crippen LogP contribution in [0.1, 0.15) is 46.0 Å². The van der Waals surface area contributed by atoms with Gasteiger partial charge in [0, 0.05) is 0 Å². The molecule has 0 saturated heterocycles. The summed E-state index contributed by atoms with van der Waals surface area (Å²) in [4.78, 5) is 0. The fourth-order valence-electron chi connectivity index (χ4n) is 2.24. The first-order valence-corrected chi connectivity index (χ1v) is 5.55. The number of hydrogen-bond donors (Lipinski definition) is 1. The van der Waals surface area contributed by atoms with Crippen LogP contribution in [0.25, 0.3) is 0 Å². The third kappa shape index (κ3) is 3.14. The van der Waals surface area contributed by atoms with Gasteiger partial charge in [0.15, 0.2) is 0 Å². The van der Waals surface area contributed by atoms with Crippen molar-refractivity contribution in [2.24, 2.45) is 11.8 Å². The standard InChI is InChI=1S/C11H23N/c1-3-12-9-10(2)11-7-5-4-6-8-11/h10-12H,3-9H2,1-2H3. The molecule has 0 amide bonds. The maximum atomic E-state index is 3.45. The van der Waals surface area contributed by atoms with Crippen LogP contribution >= 0.6 is 0 Å². The van der Waals surface area contributed by atoms with Gasteiger partial charge < -0.3 is 5.32 Å². The maximum Gasteiger partial charge on any atom is -0.00206 e. The summed E-state index contributed by atoms with van der Waals surface area (Å²) < 4.78 is 0. The van der Waals surface area contributed by atoms with Gasteiger partial charge in [-0.3, -0.25) is 0 Å². The highest BCUT2D eigenvalue weighted by Crippen LogP contribution is 2.29. The van der Waals surface area contributed by atoms with Crippen molar-refractivity contribution in [1.29, 1.82) is 0 Å². The number of rotatable bonds is 4. The van der Waals surface area contributed by atoms with Crippen LogP contribution in [0.4, 0.5) is 0 Å². The van der Waals surface area contributed by atoms with Gasteiger partial charge in [-0.05, 0) is 24.9 Å². The first-order chi connectivity index (χ1) is 5.84. The highest BCUT2D eigenvalue weighted by atomic mass is 14.8. The van der Waals surface area contributed by atoms with Crippen molar-refractivity contribution < 1.29 is 0 Å². The summed E-state index contributed by atoms with van der Waals surface area (Å²) in [5.74, 6) is 1.91. The minimum atomic E-state index is 0.894. The largest absolute Gasteiger partial charge is 0.317 e. The Morgan fingerprint density at radius 2 is 1.92 bits per heavy atom. The lowest BCUT2D eigenvalue weighted by molar-refractivity contribution is 0.258. The van der Waals surface area contributed by atoms with E-state index in [1.807, 2.05) is 0 Å². The van der Waals surface area contributed by atoms with Crippen molar-refractivity contribution >= 4 is 0 Å². The Labute approximate surface area is 76.9 Å². The highest BCUT2D eigenvalue weighted by molar-refractivity contribution is 4.72. The van der Waals surface area contributed by atoms with Crippen LogP contribution in [0.15, 0.2) is 0 Å². The summed E-state index contributed by atoms with van der Waals surface area (Å²) in [6.45, 7) is 6.93. The molecule has 1 atom stereocenters. The van der Waals surface area contributed by atoms with Crippen molar-refractivity contribution in [3.8, 4) is 0 Å². The van der Waals surface area contributed by atoms with Crippen molar-refractivity contribution in [2.45, 2.75) is 46.0 Å². The average molecular weight is 169 g/mol. The third-order valence-corrected chi connectivity index (χ3v) is 3.17. The molecule has 72 valence electrons. The van der Waals surface area contributed by atoms with Crippen LogP contribution in [-0.4, -0.2) is 13.1 Å². The van der Waals surface area contributed by atoms with E-state index >= 15 is 0 Å². The minimum Gasteiger partial charge on any atom is -0.317 e. The Balaban J connectivity index is 2.15. The summed E-state index contributed by atoms with van der Waals surface area (Å²) in [6, 6.07) is 0. The van der Waals surface area contributed by atoms with E-state index in [9.17, 15) is 0 Å². The van der Waals surface area contributed by atoms with Crippen molar-refractivity contribution in [2.75, 3.05) is 13.1 Å². The molecule has 0 radical (unpaired) electrons. The SMILES string of the molecule is CCNCC(C)C1CCCCC1. The lowest BCUT2D eigenvalue weighted by atomic mass is 9.81. The molecule has 1 fully saturated rings. The van der Waals surface area contributed by atoms with Crippen molar-refractivity contribution in [3.05, 3.63) is 0 Å². The Hall–Kier alpha value is -0.0400. The molecule has 1 unspecified atom stereocenters. The van der Waals surface area contributed by atoms with Crippen LogP contribution in [0.5, 0.6) is 0 Å². The molecule has 12 heavy (non-hydrogen) atoms. The summed E-state index contributed by atoms with van der Waals surface area (Å²) in [6.07, 6.45) is 7.38. The lowest BCUT2D eigenvalue weighted by Crippen LogP contribution is -2.27. The molecule has 0 spiro atoms. The third-order valence-electron chi connectivity index (χ3n) is 3.17. The van der Waals surface area contributed by atoms with E-state index in [0.29, 0.717) is 0 Å². The molecule has 1 N–H and O–H groups in total. The smallest absolute Gasteiger partial charge is 0.00206 e. The summed E-state index contributed by atoms with van der Waals surface area (Å²) in [7, 11) is 0. The molecular formula is C11H23N. The lowest BCUT2D eigenvalue weighted by Gasteiger charge is -2.27. The van der Waals surface area contributed by atoms with Crippen LogP contribution < -0.4 is 5.32 Å². The fourth-order valence-corrected chi connectivity index (χ4v) is 2.24. The van der Waals surface area contributed by atoms with Gasteiger partial charge >= 0.3 is 0 Å². The predicted octanol–water partition coefficient (Wildman–Crippen LogP) is 2.81. The Kier molecular flexibility index (Phi) is 4.67. The van der Waals surface area contributed by atoms with Crippen LogP contribution in [0, 0.1) is 11.8 Å². The Bertz CT molecular complexity index is 106. The zero-order valence-corrected chi connectivity index (χ0v) is 8.60. The molecule has 0 aliphatic heterocycles. The van der Waals surface area contributed by atoms with Gasteiger partial charge in [0.25, 0.3) is 0 Å². The topological polar surface area (TPSA) is 12.0 Å². The van der Waals surface area contributed by atoms with E-state index in [0.717, 1.165) is 18.4 Å². The molecule has 0 bridgehead atoms. The fraction of sp³-hybridized carbons (Fsp3) is 1.00. The Morgan fingerprint density at radius 3 is 2.50 bits per heavy atom. The van der Waals surface area contributed by atoms with Crippen molar-refractivity contribution in [3.63, 3.8) is 0 Å². The second-order valence-electron chi connectivity index (χ2n) is 4.18. The van der Waals surface area contributed by atoms with Crippen LogP contribution in [0.2, 0.25) is 0 Å². The average Bonchev–Trinajstić information content (AvgIpc) is 2.15. The minimum absolute atomic E-state index is 0.894. The second-order valence-corrected chi connectivity index (χ2v) is 4.18. The first kappa shape index (κ1) is 10.0. The highest BCUT2D eigenvalue weighted by Gasteiger charge is 2.18. The summed E-state index contributed by atoms with van der Waals surface area (Å²) >= 11 is 0. The van der Waals surface area contributed by atoms with E-state index in [2.05, 4.69) is 19.2 Å². The summed E-state index contributed by atoms with van der Waals surface area (Å²) in [5.41, 5.74) is 0. The van der Waals surface area contributed by atoms with Crippen LogP contribution in [0.3, 0.4) is 0 Å². The second kappa shape index (κ2) is 5.58. The van der Waals surface area contributed by atoms with Gasteiger partial charge in [-0.15, -0.1) is 0 Å². The normalized spacial score (nSPS) is 22.5. The molecule has 0 aromatic heterocycles. The van der Waals surface area contributed by atoms with E-state index in [4.69, 9.17) is 0 Å². The van der Waals surface area contributed by atoms with Gasteiger partial charge in [-0.1, -0.05) is 46.0 Å². The first-order valence-electron chi connectivity index (χ1n) is 5.55. The van der Waals surface area contributed by atoms with Gasteiger partial charge in [-0.2, -0.15) is 0 Å². The molecule has 1 aliphatic carbocycles. The molecular weight excluding hydrogens is 146 g/mol. The molecule has 1 saturated carbocycles. The molecule has 1 nitrogen and oxygen atoms in total. The maximum absolute atomic E-state index is 3.45. The molecule has 1 heteroatoms. The quantitative estimate of drug-likeness (QED) is 0.682. The van der Waals surface area contributed by atoms with E-state index in [-0.39, 0.29) is 0 Å². The summed E-state index contributed by atoms with van der Waals surface area (Å²) in [5, 5.41) is 3.45. The molecule has 0 heterocycles.